The van der Waals surface area contributed by atoms with Crippen LogP contribution < -0.4 is 0 Å². The quantitative estimate of drug-likeness (QED) is 0.671. The fraction of sp³-hybridized carbons (Fsp3) is 0.364. The Morgan fingerprint density at radius 1 is 1.44 bits per heavy atom. The topological polar surface area (TPSA) is 46.5 Å². The van der Waals surface area contributed by atoms with E-state index in [0.717, 1.165) is 19.2 Å². The van der Waals surface area contributed by atoms with Gasteiger partial charge in [0.1, 0.15) is 5.82 Å². The van der Waals surface area contributed by atoms with E-state index in [0.29, 0.717) is 6.07 Å². The number of halogens is 4. The standard InChI is InChI=1S/C11H10F4O3/c1-18-10(17)9(16)5-6-7(11(13,14)15)3-2-4-8(6)12/h2-4,9,16H,5H2,1H3. The fourth-order valence-electron chi connectivity index (χ4n) is 1.44. The predicted octanol–water partition coefficient (Wildman–Crippen LogP) is 1.92. The van der Waals surface area contributed by atoms with Crippen LogP contribution in [0.25, 0.3) is 0 Å². The summed E-state index contributed by atoms with van der Waals surface area (Å²) in [4.78, 5) is 10.9. The fourth-order valence-corrected chi connectivity index (χ4v) is 1.44. The number of alkyl halides is 3. The molecule has 7 heteroatoms. The van der Waals surface area contributed by atoms with Gasteiger partial charge in [-0.3, -0.25) is 0 Å². The molecule has 0 bridgehead atoms. The summed E-state index contributed by atoms with van der Waals surface area (Å²) in [5.41, 5.74) is -1.98. The van der Waals surface area contributed by atoms with Gasteiger partial charge in [-0.2, -0.15) is 13.2 Å². The third kappa shape index (κ3) is 3.19. The van der Waals surface area contributed by atoms with E-state index in [2.05, 4.69) is 4.74 Å². The van der Waals surface area contributed by atoms with E-state index < -0.39 is 41.6 Å². The Balaban J connectivity index is 3.12. The molecular formula is C11H10F4O3. The minimum atomic E-state index is -4.76. The molecule has 0 saturated heterocycles. The molecule has 3 nitrogen and oxygen atoms in total. The third-order valence-electron chi connectivity index (χ3n) is 2.29. The van der Waals surface area contributed by atoms with Crippen molar-refractivity contribution in [2.45, 2.75) is 18.7 Å². The largest absolute Gasteiger partial charge is 0.467 e. The van der Waals surface area contributed by atoms with Crippen LogP contribution in [0.4, 0.5) is 17.6 Å². The lowest BCUT2D eigenvalue weighted by Crippen LogP contribution is -2.26. The Morgan fingerprint density at radius 2 is 2.06 bits per heavy atom. The molecule has 18 heavy (non-hydrogen) atoms. The SMILES string of the molecule is COC(=O)C(O)Cc1c(F)cccc1C(F)(F)F. The van der Waals surface area contributed by atoms with Crippen molar-refractivity contribution < 1.29 is 32.2 Å². The van der Waals surface area contributed by atoms with Crippen LogP contribution in [0.2, 0.25) is 0 Å². The van der Waals surface area contributed by atoms with Crippen LogP contribution in [-0.4, -0.2) is 24.3 Å². The van der Waals surface area contributed by atoms with Gasteiger partial charge in [0.05, 0.1) is 12.7 Å². The molecule has 0 aromatic heterocycles. The molecule has 1 atom stereocenters. The lowest BCUT2D eigenvalue weighted by Gasteiger charge is -2.15. The molecule has 0 spiro atoms. The zero-order chi connectivity index (χ0) is 13.9. The minimum absolute atomic E-state index is 0.683. The van der Waals surface area contributed by atoms with E-state index in [1.54, 1.807) is 0 Å². The van der Waals surface area contributed by atoms with Crippen molar-refractivity contribution in [2.75, 3.05) is 7.11 Å². The van der Waals surface area contributed by atoms with Crippen LogP contribution in [0, 0.1) is 5.82 Å². The summed E-state index contributed by atoms with van der Waals surface area (Å²) >= 11 is 0. The second-order valence-electron chi connectivity index (χ2n) is 3.51. The monoisotopic (exact) mass is 266 g/mol. The average Bonchev–Trinajstić information content (AvgIpc) is 2.29. The third-order valence-corrected chi connectivity index (χ3v) is 2.29. The van der Waals surface area contributed by atoms with Gasteiger partial charge in [0.25, 0.3) is 0 Å². The minimum Gasteiger partial charge on any atom is -0.467 e. The van der Waals surface area contributed by atoms with Crippen LogP contribution >= 0.6 is 0 Å². The summed E-state index contributed by atoms with van der Waals surface area (Å²) in [6.45, 7) is 0. The zero-order valence-corrected chi connectivity index (χ0v) is 9.29. The first-order valence-corrected chi connectivity index (χ1v) is 4.88. The summed E-state index contributed by atoms with van der Waals surface area (Å²) in [6, 6.07) is 2.42. The molecule has 0 amide bonds. The number of aliphatic hydroxyl groups excluding tert-OH is 1. The molecule has 100 valence electrons. The molecule has 0 radical (unpaired) electrons. The van der Waals surface area contributed by atoms with Crippen molar-refractivity contribution in [2.24, 2.45) is 0 Å². The molecule has 1 aromatic carbocycles. The Hall–Kier alpha value is -1.63. The average molecular weight is 266 g/mol. The van der Waals surface area contributed by atoms with Gasteiger partial charge in [0.15, 0.2) is 6.10 Å². The first-order chi connectivity index (χ1) is 8.27. The molecule has 1 unspecified atom stereocenters. The van der Waals surface area contributed by atoms with Crippen LogP contribution in [-0.2, 0) is 22.1 Å². The molecule has 0 fully saturated rings. The molecule has 1 aromatic rings. The first kappa shape index (κ1) is 14.4. The molecule has 0 aliphatic rings. The van der Waals surface area contributed by atoms with E-state index in [4.69, 9.17) is 0 Å². The maximum Gasteiger partial charge on any atom is 0.416 e. The number of esters is 1. The molecule has 1 N–H and O–H groups in total. The summed E-state index contributed by atoms with van der Waals surface area (Å²) in [5.74, 6) is -2.25. The van der Waals surface area contributed by atoms with E-state index in [1.807, 2.05) is 0 Å². The van der Waals surface area contributed by atoms with Gasteiger partial charge in [0, 0.05) is 12.0 Å². The first-order valence-electron chi connectivity index (χ1n) is 4.88. The Kier molecular flexibility index (Phi) is 4.28. The van der Waals surface area contributed by atoms with E-state index in [-0.39, 0.29) is 0 Å². The second-order valence-corrected chi connectivity index (χ2v) is 3.51. The maximum atomic E-state index is 13.3. The summed E-state index contributed by atoms with van der Waals surface area (Å²) in [5, 5.41) is 9.28. The number of rotatable bonds is 3. The van der Waals surface area contributed by atoms with Gasteiger partial charge < -0.3 is 9.84 Å². The van der Waals surface area contributed by atoms with Crippen molar-refractivity contribution in [3.05, 3.63) is 35.1 Å². The van der Waals surface area contributed by atoms with Gasteiger partial charge >= 0.3 is 12.1 Å². The van der Waals surface area contributed by atoms with E-state index >= 15 is 0 Å². The highest BCUT2D eigenvalue weighted by molar-refractivity contribution is 5.74. The normalized spacial score (nSPS) is 13.2. The zero-order valence-electron chi connectivity index (χ0n) is 9.29. The maximum absolute atomic E-state index is 13.3. The van der Waals surface area contributed by atoms with Gasteiger partial charge in [-0.15, -0.1) is 0 Å². The highest BCUT2D eigenvalue weighted by Crippen LogP contribution is 2.33. The number of hydrogen-bond donors (Lipinski definition) is 1. The van der Waals surface area contributed by atoms with Crippen molar-refractivity contribution in [1.29, 1.82) is 0 Å². The number of methoxy groups -OCH3 is 1. The summed E-state index contributed by atoms with van der Waals surface area (Å²) < 4.78 is 55.3. The van der Waals surface area contributed by atoms with Crippen molar-refractivity contribution in [3.63, 3.8) is 0 Å². The van der Waals surface area contributed by atoms with Gasteiger partial charge in [0.2, 0.25) is 0 Å². The lowest BCUT2D eigenvalue weighted by atomic mass is 10.0. The number of hydrogen-bond acceptors (Lipinski definition) is 3. The number of carbonyl (C=O) groups excluding carboxylic acids is 1. The highest BCUT2D eigenvalue weighted by atomic mass is 19.4. The van der Waals surface area contributed by atoms with Crippen molar-refractivity contribution in [3.8, 4) is 0 Å². The molecule has 0 saturated carbocycles. The Morgan fingerprint density at radius 3 is 2.56 bits per heavy atom. The van der Waals surface area contributed by atoms with Gasteiger partial charge in [-0.05, 0) is 12.1 Å². The van der Waals surface area contributed by atoms with Crippen LogP contribution in [0.3, 0.4) is 0 Å². The molecule has 0 aliphatic carbocycles. The summed E-state index contributed by atoms with van der Waals surface area (Å²) in [6.07, 6.45) is -7.39. The molecule has 0 heterocycles. The van der Waals surface area contributed by atoms with Crippen molar-refractivity contribution in [1.82, 2.24) is 0 Å². The Bertz CT molecular complexity index is 442. The number of aliphatic hydroxyl groups is 1. The van der Waals surface area contributed by atoms with Crippen LogP contribution in [0.15, 0.2) is 18.2 Å². The van der Waals surface area contributed by atoms with Crippen LogP contribution in [0.1, 0.15) is 11.1 Å². The lowest BCUT2D eigenvalue weighted by molar-refractivity contribution is -0.151. The van der Waals surface area contributed by atoms with Crippen molar-refractivity contribution >= 4 is 5.97 Å². The highest BCUT2D eigenvalue weighted by Gasteiger charge is 2.35. The molecule has 1 rings (SSSR count). The predicted molar refractivity (Wildman–Crippen MR) is 53.1 cm³/mol. The number of carbonyl (C=O) groups is 1. The number of ether oxygens (including phenoxy) is 1. The smallest absolute Gasteiger partial charge is 0.416 e. The number of benzene rings is 1. The van der Waals surface area contributed by atoms with Gasteiger partial charge in [-0.25, -0.2) is 9.18 Å². The second kappa shape index (κ2) is 5.34. The Labute approximate surface area is 100.0 Å². The van der Waals surface area contributed by atoms with Crippen LogP contribution in [0.5, 0.6) is 0 Å². The molecule has 0 aliphatic heterocycles. The van der Waals surface area contributed by atoms with Gasteiger partial charge in [-0.1, -0.05) is 6.07 Å². The van der Waals surface area contributed by atoms with E-state index in [1.165, 1.54) is 0 Å². The molecular weight excluding hydrogens is 256 g/mol. The van der Waals surface area contributed by atoms with E-state index in [9.17, 15) is 27.5 Å². The summed E-state index contributed by atoms with van der Waals surface area (Å²) in [7, 11) is 0.970.